The van der Waals surface area contributed by atoms with Crippen LogP contribution in [0.25, 0.3) is 6.08 Å². The summed E-state index contributed by atoms with van der Waals surface area (Å²) < 4.78 is 11.1. The van der Waals surface area contributed by atoms with Crippen LogP contribution < -0.4 is 4.74 Å². The Kier molecular flexibility index (Phi) is 8.59. The molecule has 134 valence electrons. The molecule has 0 N–H and O–H groups in total. The van der Waals surface area contributed by atoms with Gasteiger partial charge in [0.25, 0.3) is 0 Å². The van der Waals surface area contributed by atoms with E-state index in [4.69, 9.17) is 9.47 Å². The lowest BCUT2D eigenvalue weighted by atomic mass is 10.0. The van der Waals surface area contributed by atoms with Crippen LogP contribution in [0.4, 0.5) is 0 Å². The first-order valence-electron chi connectivity index (χ1n) is 8.98. The van der Waals surface area contributed by atoms with E-state index >= 15 is 0 Å². The van der Waals surface area contributed by atoms with Crippen molar-refractivity contribution < 1.29 is 14.3 Å². The molecule has 0 aliphatic rings. The molecule has 0 heterocycles. The minimum Gasteiger partial charge on any atom is -0.488 e. The van der Waals surface area contributed by atoms with Gasteiger partial charge in [-0.1, -0.05) is 45.2 Å². The SMILES string of the molecule is CCCCC(CC)COC(=O)/C=C/c1ccc(OC(C)(C)C)cc1. The average Bonchev–Trinajstić information content (AvgIpc) is 2.53. The van der Waals surface area contributed by atoms with E-state index < -0.39 is 0 Å². The Morgan fingerprint density at radius 2 is 1.83 bits per heavy atom. The Morgan fingerprint density at radius 3 is 2.38 bits per heavy atom. The van der Waals surface area contributed by atoms with Gasteiger partial charge in [-0.05, 0) is 56.9 Å². The topological polar surface area (TPSA) is 35.5 Å². The monoisotopic (exact) mass is 332 g/mol. The summed E-state index contributed by atoms with van der Waals surface area (Å²) in [5, 5.41) is 0. The molecule has 1 atom stereocenters. The highest BCUT2D eigenvalue weighted by Gasteiger charge is 2.11. The predicted molar refractivity (Wildman–Crippen MR) is 100 cm³/mol. The van der Waals surface area contributed by atoms with Crippen LogP contribution in [0.2, 0.25) is 0 Å². The fourth-order valence-electron chi connectivity index (χ4n) is 2.31. The molecule has 24 heavy (non-hydrogen) atoms. The Bertz CT molecular complexity index is 509. The van der Waals surface area contributed by atoms with Gasteiger partial charge in [-0.2, -0.15) is 0 Å². The molecule has 0 aliphatic heterocycles. The van der Waals surface area contributed by atoms with Crippen molar-refractivity contribution >= 4 is 12.0 Å². The van der Waals surface area contributed by atoms with Gasteiger partial charge in [0.05, 0.1) is 6.61 Å². The first kappa shape index (κ1) is 20.3. The summed E-state index contributed by atoms with van der Waals surface area (Å²) in [4.78, 5) is 11.8. The first-order valence-corrected chi connectivity index (χ1v) is 8.98. The fraction of sp³-hybridized carbons (Fsp3) is 0.571. The zero-order chi connectivity index (χ0) is 18.0. The zero-order valence-corrected chi connectivity index (χ0v) is 15.8. The predicted octanol–water partition coefficient (Wildman–Crippen LogP) is 5.64. The molecule has 3 nitrogen and oxygen atoms in total. The lowest BCUT2D eigenvalue weighted by Gasteiger charge is -2.21. The molecule has 0 amide bonds. The number of carbonyl (C=O) groups is 1. The van der Waals surface area contributed by atoms with Gasteiger partial charge in [-0.25, -0.2) is 4.79 Å². The van der Waals surface area contributed by atoms with Crippen LogP contribution in [0.3, 0.4) is 0 Å². The van der Waals surface area contributed by atoms with Gasteiger partial charge >= 0.3 is 5.97 Å². The Morgan fingerprint density at radius 1 is 1.17 bits per heavy atom. The number of carbonyl (C=O) groups excluding carboxylic acids is 1. The van der Waals surface area contributed by atoms with Crippen molar-refractivity contribution in [2.24, 2.45) is 5.92 Å². The van der Waals surface area contributed by atoms with E-state index in [1.807, 2.05) is 45.0 Å². The number of benzene rings is 1. The van der Waals surface area contributed by atoms with Crippen molar-refractivity contribution in [2.45, 2.75) is 65.9 Å². The molecule has 0 bridgehead atoms. The van der Waals surface area contributed by atoms with Gasteiger partial charge in [0.1, 0.15) is 11.4 Å². The standard InChI is InChI=1S/C21H32O3/c1-6-8-9-17(7-2)16-23-20(22)15-12-18-10-13-19(14-11-18)24-21(3,4)5/h10-15,17H,6-9,16H2,1-5H3/b15-12+. The maximum atomic E-state index is 11.8. The van der Waals surface area contributed by atoms with Gasteiger partial charge in [0.15, 0.2) is 0 Å². The Balaban J connectivity index is 2.46. The van der Waals surface area contributed by atoms with Gasteiger partial charge in [-0.3, -0.25) is 0 Å². The third-order valence-corrected chi connectivity index (χ3v) is 3.72. The summed E-state index contributed by atoms with van der Waals surface area (Å²) in [5.41, 5.74) is 0.737. The molecule has 1 rings (SSSR count). The van der Waals surface area contributed by atoms with Gasteiger partial charge < -0.3 is 9.47 Å². The summed E-state index contributed by atoms with van der Waals surface area (Å²) in [5.74, 6) is 1.01. The molecule has 0 saturated carbocycles. The molecule has 0 saturated heterocycles. The summed E-state index contributed by atoms with van der Waals surface area (Å²) in [6.07, 6.45) is 7.81. The molecular formula is C21H32O3. The maximum absolute atomic E-state index is 11.8. The minimum absolute atomic E-state index is 0.214. The van der Waals surface area contributed by atoms with Crippen LogP contribution >= 0.6 is 0 Å². The van der Waals surface area contributed by atoms with Crippen molar-refractivity contribution in [3.8, 4) is 5.75 Å². The van der Waals surface area contributed by atoms with Crippen molar-refractivity contribution in [2.75, 3.05) is 6.61 Å². The number of hydrogen-bond donors (Lipinski definition) is 0. The minimum atomic E-state index is -0.278. The van der Waals surface area contributed by atoms with E-state index in [1.165, 1.54) is 18.9 Å². The number of esters is 1. The van der Waals surface area contributed by atoms with Crippen molar-refractivity contribution in [1.82, 2.24) is 0 Å². The van der Waals surface area contributed by atoms with Crippen LogP contribution in [0, 0.1) is 5.92 Å². The first-order chi connectivity index (χ1) is 11.3. The summed E-state index contributed by atoms with van der Waals surface area (Å²) >= 11 is 0. The van der Waals surface area contributed by atoms with Gasteiger partial charge in [0, 0.05) is 6.08 Å². The van der Waals surface area contributed by atoms with Gasteiger partial charge in [-0.15, -0.1) is 0 Å². The quantitative estimate of drug-likeness (QED) is 0.434. The Labute approximate surface area is 147 Å². The van der Waals surface area contributed by atoms with Crippen LogP contribution in [-0.4, -0.2) is 18.2 Å². The van der Waals surface area contributed by atoms with E-state index in [9.17, 15) is 4.79 Å². The summed E-state index contributed by atoms with van der Waals surface area (Å²) in [7, 11) is 0. The smallest absolute Gasteiger partial charge is 0.330 e. The third kappa shape index (κ3) is 8.76. The largest absolute Gasteiger partial charge is 0.488 e. The molecule has 0 fully saturated rings. The highest BCUT2D eigenvalue weighted by Crippen LogP contribution is 2.19. The van der Waals surface area contributed by atoms with Crippen LogP contribution in [0.15, 0.2) is 30.3 Å². The van der Waals surface area contributed by atoms with Crippen LogP contribution in [0.1, 0.15) is 65.9 Å². The molecule has 1 aromatic rings. The Hall–Kier alpha value is -1.77. The zero-order valence-electron chi connectivity index (χ0n) is 15.8. The van der Waals surface area contributed by atoms with Crippen LogP contribution in [-0.2, 0) is 9.53 Å². The van der Waals surface area contributed by atoms with E-state index in [0.29, 0.717) is 12.5 Å². The molecule has 0 spiro atoms. The third-order valence-electron chi connectivity index (χ3n) is 3.72. The maximum Gasteiger partial charge on any atom is 0.330 e. The van der Waals surface area contributed by atoms with Crippen molar-refractivity contribution in [3.05, 3.63) is 35.9 Å². The van der Waals surface area contributed by atoms with E-state index in [-0.39, 0.29) is 11.6 Å². The lowest BCUT2D eigenvalue weighted by molar-refractivity contribution is -0.139. The molecule has 0 radical (unpaired) electrons. The van der Waals surface area contributed by atoms with E-state index in [1.54, 1.807) is 6.08 Å². The molecule has 1 unspecified atom stereocenters. The average molecular weight is 332 g/mol. The molecule has 0 aliphatic carbocycles. The highest BCUT2D eigenvalue weighted by atomic mass is 16.5. The van der Waals surface area contributed by atoms with Gasteiger partial charge in [0.2, 0.25) is 0 Å². The molecule has 1 aromatic carbocycles. The second-order valence-corrected chi connectivity index (χ2v) is 7.16. The second kappa shape index (κ2) is 10.2. The number of rotatable bonds is 9. The van der Waals surface area contributed by atoms with E-state index in [2.05, 4.69) is 13.8 Å². The number of hydrogen-bond acceptors (Lipinski definition) is 3. The fourth-order valence-corrected chi connectivity index (χ4v) is 2.31. The van der Waals surface area contributed by atoms with Crippen LogP contribution in [0.5, 0.6) is 5.75 Å². The summed E-state index contributed by atoms with van der Waals surface area (Å²) in [6.45, 7) is 10.9. The second-order valence-electron chi connectivity index (χ2n) is 7.16. The lowest BCUT2D eigenvalue weighted by Crippen LogP contribution is -2.22. The number of ether oxygens (including phenoxy) is 2. The molecular weight excluding hydrogens is 300 g/mol. The van der Waals surface area contributed by atoms with E-state index in [0.717, 1.165) is 24.2 Å². The summed E-state index contributed by atoms with van der Waals surface area (Å²) in [6, 6.07) is 7.68. The highest BCUT2D eigenvalue weighted by molar-refractivity contribution is 5.87. The normalized spacial score (nSPS) is 13.0. The molecule has 0 aromatic heterocycles. The van der Waals surface area contributed by atoms with Crippen molar-refractivity contribution in [3.63, 3.8) is 0 Å². The van der Waals surface area contributed by atoms with Crippen molar-refractivity contribution in [1.29, 1.82) is 0 Å². The molecule has 3 heteroatoms. The number of unbranched alkanes of at least 4 members (excludes halogenated alkanes) is 1.